The molecule has 0 aromatic heterocycles. The normalized spacial score (nSPS) is 23.7. The Labute approximate surface area is 171 Å². The van der Waals surface area contributed by atoms with Crippen LogP contribution in [0.1, 0.15) is 66.7 Å². The molecule has 0 radical (unpaired) electrons. The lowest BCUT2D eigenvalue weighted by Gasteiger charge is -2.33. The third kappa shape index (κ3) is 6.97. The number of methoxy groups -OCH3 is 2. The van der Waals surface area contributed by atoms with Gasteiger partial charge in [0.2, 0.25) is 11.5 Å². The van der Waals surface area contributed by atoms with Gasteiger partial charge in [-0.3, -0.25) is 4.79 Å². The van der Waals surface area contributed by atoms with Gasteiger partial charge in [0, 0.05) is 11.8 Å². The predicted molar refractivity (Wildman–Crippen MR) is 115 cm³/mol. The summed E-state index contributed by atoms with van der Waals surface area (Å²) >= 11 is 0. The molecule has 0 bridgehead atoms. The molecule has 1 unspecified atom stereocenters. The molecule has 4 nitrogen and oxygen atoms in total. The van der Waals surface area contributed by atoms with Gasteiger partial charge in [-0.05, 0) is 59.8 Å². The van der Waals surface area contributed by atoms with Gasteiger partial charge < -0.3 is 14.6 Å². The van der Waals surface area contributed by atoms with E-state index in [9.17, 15) is 9.90 Å². The Morgan fingerprint density at radius 3 is 2.07 bits per heavy atom. The summed E-state index contributed by atoms with van der Waals surface area (Å²) in [5.41, 5.74) is 4.07. The van der Waals surface area contributed by atoms with Crippen LogP contribution in [0.15, 0.2) is 46.5 Å². The Morgan fingerprint density at radius 2 is 1.54 bits per heavy atom. The highest BCUT2D eigenvalue weighted by Gasteiger charge is 2.42. The quantitative estimate of drug-likeness (QED) is 0.501. The van der Waals surface area contributed by atoms with Gasteiger partial charge in [-0.15, -0.1) is 0 Å². The number of aliphatic hydroxyl groups excluding tert-OH is 1. The summed E-state index contributed by atoms with van der Waals surface area (Å²) in [6.07, 6.45) is 10.5. The van der Waals surface area contributed by atoms with Crippen molar-refractivity contribution in [2.24, 2.45) is 11.8 Å². The molecular weight excluding hydrogens is 352 g/mol. The maximum absolute atomic E-state index is 12.4. The summed E-state index contributed by atoms with van der Waals surface area (Å²) in [6.45, 7) is 10.5. The number of carbonyl (C=O) groups excluding carboxylic acids is 1. The van der Waals surface area contributed by atoms with Crippen molar-refractivity contribution in [2.45, 2.75) is 72.8 Å². The smallest absolute Gasteiger partial charge is 0.229 e. The molecule has 0 saturated heterocycles. The van der Waals surface area contributed by atoms with Gasteiger partial charge in [0.25, 0.3) is 0 Å². The minimum absolute atomic E-state index is 0.0751. The molecule has 1 aliphatic rings. The second-order valence-corrected chi connectivity index (χ2v) is 8.06. The minimum Gasteiger partial charge on any atom is -0.497 e. The first-order valence-corrected chi connectivity index (χ1v) is 10.2. The molecule has 0 saturated carbocycles. The van der Waals surface area contributed by atoms with Crippen LogP contribution in [0.25, 0.3) is 0 Å². The maximum atomic E-state index is 12.4. The van der Waals surface area contributed by atoms with Crippen LogP contribution in [-0.2, 0) is 14.3 Å². The number of aliphatic hydroxyl groups is 1. The number of rotatable bonds is 10. The first-order valence-electron chi connectivity index (χ1n) is 10.2. The summed E-state index contributed by atoms with van der Waals surface area (Å²) in [7, 11) is 2.98. The summed E-state index contributed by atoms with van der Waals surface area (Å²) in [5.74, 6) is 0.0203. The predicted octanol–water partition coefficient (Wildman–Crippen LogP) is 5.50. The molecule has 158 valence electrons. The van der Waals surface area contributed by atoms with E-state index < -0.39 is 6.10 Å². The average Bonchev–Trinajstić information content (AvgIpc) is 2.64. The highest BCUT2D eigenvalue weighted by Crippen LogP contribution is 2.36. The third-order valence-electron chi connectivity index (χ3n) is 5.46. The van der Waals surface area contributed by atoms with Crippen molar-refractivity contribution in [1.29, 1.82) is 0 Å². The number of ketones is 1. The zero-order valence-electron chi connectivity index (χ0n) is 18.7. The number of allylic oxidation sites excluding steroid dienone is 7. The van der Waals surface area contributed by atoms with Crippen molar-refractivity contribution in [3.63, 3.8) is 0 Å². The second kappa shape index (κ2) is 11.9. The molecule has 1 rings (SSSR count). The van der Waals surface area contributed by atoms with Gasteiger partial charge in [-0.2, -0.15) is 0 Å². The minimum atomic E-state index is -1.05. The van der Waals surface area contributed by atoms with Crippen molar-refractivity contribution in [3.8, 4) is 0 Å². The fraction of sp³-hybridized carbons (Fsp3) is 0.625. The fourth-order valence-corrected chi connectivity index (χ4v) is 3.61. The monoisotopic (exact) mass is 390 g/mol. The topological polar surface area (TPSA) is 55.8 Å². The van der Waals surface area contributed by atoms with E-state index in [1.54, 1.807) is 7.11 Å². The number of ether oxygens (including phenoxy) is 2. The Kier molecular flexibility index (Phi) is 10.3. The number of hydrogen-bond acceptors (Lipinski definition) is 4. The van der Waals surface area contributed by atoms with Crippen LogP contribution < -0.4 is 0 Å². The molecule has 28 heavy (non-hydrogen) atoms. The van der Waals surface area contributed by atoms with Crippen molar-refractivity contribution in [2.75, 3.05) is 14.2 Å². The molecule has 0 aromatic rings. The van der Waals surface area contributed by atoms with Crippen molar-refractivity contribution in [3.05, 3.63) is 46.5 Å². The first kappa shape index (κ1) is 24.2. The third-order valence-corrected chi connectivity index (χ3v) is 5.46. The average molecular weight is 391 g/mol. The van der Waals surface area contributed by atoms with E-state index in [1.165, 1.54) is 23.8 Å². The SMILES string of the molecule is COC1=C(OC)[C@H](C)C(C/C=C(\C)CC/C=C(\C)CCC=C(C)C)[C@H](O)C1=O. The van der Waals surface area contributed by atoms with Crippen LogP contribution in [0.2, 0.25) is 0 Å². The highest BCUT2D eigenvalue weighted by atomic mass is 16.5. The zero-order valence-corrected chi connectivity index (χ0v) is 18.7. The van der Waals surface area contributed by atoms with Crippen LogP contribution in [0.4, 0.5) is 0 Å². The lowest BCUT2D eigenvalue weighted by atomic mass is 9.77. The van der Waals surface area contributed by atoms with Crippen LogP contribution in [0.3, 0.4) is 0 Å². The van der Waals surface area contributed by atoms with Gasteiger partial charge >= 0.3 is 0 Å². The number of carbonyl (C=O) groups is 1. The van der Waals surface area contributed by atoms with Crippen LogP contribution in [0, 0.1) is 11.8 Å². The number of Topliss-reactive ketones (excluding diaryl/α,β-unsaturated/α-hetero) is 1. The van der Waals surface area contributed by atoms with Crippen LogP contribution in [0.5, 0.6) is 0 Å². The highest BCUT2D eigenvalue weighted by molar-refractivity contribution is 5.98. The van der Waals surface area contributed by atoms with E-state index in [2.05, 4.69) is 45.9 Å². The lowest BCUT2D eigenvalue weighted by Crippen LogP contribution is -2.41. The van der Waals surface area contributed by atoms with E-state index in [0.29, 0.717) is 12.2 Å². The lowest BCUT2D eigenvalue weighted by molar-refractivity contribution is -0.133. The molecular formula is C24H38O4. The van der Waals surface area contributed by atoms with Gasteiger partial charge in [-0.25, -0.2) is 0 Å². The molecule has 0 amide bonds. The van der Waals surface area contributed by atoms with E-state index in [1.807, 2.05) is 6.92 Å². The van der Waals surface area contributed by atoms with Crippen LogP contribution in [-0.4, -0.2) is 31.2 Å². The fourth-order valence-electron chi connectivity index (χ4n) is 3.61. The molecule has 4 heteroatoms. The van der Waals surface area contributed by atoms with E-state index in [-0.39, 0.29) is 23.4 Å². The molecule has 0 spiro atoms. The largest absolute Gasteiger partial charge is 0.497 e. The molecule has 0 aliphatic heterocycles. The Hall–Kier alpha value is -1.81. The van der Waals surface area contributed by atoms with Gasteiger partial charge in [0.15, 0.2) is 0 Å². The Balaban J connectivity index is 2.64. The zero-order chi connectivity index (χ0) is 21.3. The van der Waals surface area contributed by atoms with Crippen LogP contribution >= 0.6 is 0 Å². The van der Waals surface area contributed by atoms with Gasteiger partial charge in [0.1, 0.15) is 11.9 Å². The first-order chi connectivity index (χ1) is 13.2. The second-order valence-electron chi connectivity index (χ2n) is 8.06. The Bertz CT molecular complexity index is 648. The number of hydrogen-bond donors (Lipinski definition) is 1. The van der Waals surface area contributed by atoms with Crippen molar-refractivity contribution in [1.82, 2.24) is 0 Å². The molecule has 1 N–H and O–H groups in total. The summed E-state index contributed by atoms with van der Waals surface area (Å²) in [5, 5.41) is 10.4. The van der Waals surface area contributed by atoms with Gasteiger partial charge in [-0.1, -0.05) is 41.9 Å². The van der Waals surface area contributed by atoms with Crippen molar-refractivity contribution >= 4 is 5.78 Å². The van der Waals surface area contributed by atoms with E-state index >= 15 is 0 Å². The Morgan fingerprint density at radius 1 is 0.964 bits per heavy atom. The van der Waals surface area contributed by atoms with Crippen molar-refractivity contribution < 1.29 is 19.4 Å². The van der Waals surface area contributed by atoms with E-state index in [0.717, 1.165) is 25.7 Å². The molecule has 0 fully saturated rings. The standard InChI is InChI=1S/C24H38O4/c1-16(2)10-8-11-17(3)12-9-13-18(4)14-15-20-19(5)23(27-6)24(28-7)22(26)21(20)25/h10,12,14,19-21,25H,8-9,11,13,15H2,1-7H3/b17-12+,18-14+/t19-,20?,21+/m1/s1. The molecule has 0 heterocycles. The summed E-state index contributed by atoms with van der Waals surface area (Å²) in [6, 6.07) is 0. The van der Waals surface area contributed by atoms with Gasteiger partial charge in [0.05, 0.1) is 14.2 Å². The molecule has 3 atom stereocenters. The molecule has 1 aliphatic carbocycles. The summed E-state index contributed by atoms with van der Waals surface area (Å²) < 4.78 is 10.5. The van der Waals surface area contributed by atoms with E-state index in [4.69, 9.17) is 9.47 Å². The molecule has 0 aromatic carbocycles. The maximum Gasteiger partial charge on any atom is 0.229 e. The summed E-state index contributed by atoms with van der Waals surface area (Å²) in [4.78, 5) is 12.4.